The van der Waals surface area contributed by atoms with Crippen molar-refractivity contribution in [3.8, 4) is 11.5 Å². The highest BCUT2D eigenvalue weighted by Gasteiger charge is 2.31. The van der Waals surface area contributed by atoms with Crippen LogP contribution in [0.4, 0.5) is 0 Å². The summed E-state index contributed by atoms with van der Waals surface area (Å²) < 4.78 is 10.5. The molecule has 1 aliphatic rings. The van der Waals surface area contributed by atoms with Gasteiger partial charge in [-0.1, -0.05) is 0 Å². The van der Waals surface area contributed by atoms with Gasteiger partial charge in [-0.25, -0.2) is 0 Å². The third-order valence-corrected chi connectivity index (χ3v) is 4.34. The lowest BCUT2D eigenvalue weighted by atomic mass is 9.84. The van der Waals surface area contributed by atoms with Crippen molar-refractivity contribution in [2.24, 2.45) is 0 Å². The van der Waals surface area contributed by atoms with Crippen molar-refractivity contribution in [1.29, 1.82) is 0 Å². The van der Waals surface area contributed by atoms with Crippen LogP contribution in [0.15, 0.2) is 41.6 Å². The van der Waals surface area contributed by atoms with E-state index in [1.807, 2.05) is 19.1 Å². The number of benzene rings is 1. The number of carbonyl (C=O) groups excluding carboxylic acids is 2. The molecule has 1 aromatic carbocycles. The van der Waals surface area contributed by atoms with Gasteiger partial charge in [-0.15, -0.1) is 0 Å². The summed E-state index contributed by atoms with van der Waals surface area (Å²) in [6, 6.07) is 7.15. The lowest BCUT2D eigenvalue weighted by molar-refractivity contribution is 0.0969. The predicted octanol–water partition coefficient (Wildman–Crippen LogP) is 3.35. The first-order valence-electron chi connectivity index (χ1n) is 7.92. The quantitative estimate of drug-likeness (QED) is 0.856. The SMILES string of the molecule is COc1cc(CC2=C(C)C(=O)c3cc(C)cnc3C2=O)cc(OC)c1. The van der Waals surface area contributed by atoms with Crippen molar-refractivity contribution in [2.45, 2.75) is 20.3 Å². The van der Waals surface area contributed by atoms with E-state index in [2.05, 4.69) is 4.98 Å². The molecule has 1 heterocycles. The fourth-order valence-electron chi connectivity index (χ4n) is 2.96. The van der Waals surface area contributed by atoms with E-state index in [1.165, 1.54) is 0 Å². The van der Waals surface area contributed by atoms with E-state index in [-0.39, 0.29) is 17.3 Å². The summed E-state index contributed by atoms with van der Waals surface area (Å²) in [5, 5.41) is 0. The Kier molecular flexibility index (Phi) is 4.40. The summed E-state index contributed by atoms with van der Waals surface area (Å²) in [4.78, 5) is 29.7. The van der Waals surface area contributed by atoms with E-state index in [9.17, 15) is 9.59 Å². The van der Waals surface area contributed by atoms with Gasteiger partial charge in [0, 0.05) is 29.8 Å². The van der Waals surface area contributed by atoms with Gasteiger partial charge in [0.05, 0.1) is 19.8 Å². The molecular weight excluding hydrogens is 318 g/mol. The van der Waals surface area contributed by atoms with Gasteiger partial charge in [-0.05, 0) is 43.2 Å². The molecule has 128 valence electrons. The Morgan fingerprint density at radius 1 is 0.920 bits per heavy atom. The molecule has 0 fully saturated rings. The number of Topliss-reactive ketones (excluding diaryl/α,β-unsaturated/α-hetero) is 2. The van der Waals surface area contributed by atoms with Gasteiger partial charge in [0.15, 0.2) is 5.78 Å². The van der Waals surface area contributed by atoms with Gasteiger partial charge in [-0.3, -0.25) is 14.6 Å². The number of methoxy groups -OCH3 is 2. The maximum atomic E-state index is 12.9. The Bertz CT molecular complexity index is 890. The number of carbonyl (C=O) groups is 2. The molecule has 0 unspecified atom stereocenters. The van der Waals surface area contributed by atoms with Gasteiger partial charge >= 0.3 is 0 Å². The van der Waals surface area contributed by atoms with Gasteiger partial charge in [0.25, 0.3) is 0 Å². The Labute approximate surface area is 146 Å². The first-order chi connectivity index (χ1) is 11.9. The molecule has 0 saturated carbocycles. The summed E-state index contributed by atoms with van der Waals surface area (Å²) in [5.74, 6) is 0.928. The van der Waals surface area contributed by atoms with E-state index in [0.29, 0.717) is 34.6 Å². The number of nitrogens with zero attached hydrogens (tertiary/aromatic N) is 1. The second kappa shape index (κ2) is 6.51. The fourth-order valence-corrected chi connectivity index (χ4v) is 2.96. The molecule has 0 amide bonds. The van der Waals surface area contributed by atoms with Crippen LogP contribution in [-0.2, 0) is 6.42 Å². The molecule has 1 aromatic heterocycles. The molecule has 0 spiro atoms. The highest BCUT2D eigenvalue weighted by molar-refractivity contribution is 6.26. The molecule has 1 aliphatic carbocycles. The molecular formula is C20H19NO4. The van der Waals surface area contributed by atoms with E-state index in [4.69, 9.17) is 9.47 Å². The number of hydrogen-bond acceptors (Lipinski definition) is 5. The number of aryl methyl sites for hydroxylation is 1. The molecule has 0 N–H and O–H groups in total. The third kappa shape index (κ3) is 3.05. The fraction of sp³-hybridized carbons (Fsp3) is 0.250. The molecule has 0 bridgehead atoms. The smallest absolute Gasteiger partial charge is 0.208 e. The molecule has 0 aliphatic heterocycles. The van der Waals surface area contributed by atoms with Crippen LogP contribution in [0, 0.1) is 6.92 Å². The number of hydrogen-bond donors (Lipinski definition) is 0. The Morgan fingerprint density at radius 3 is 2.16 bits per heavy atom. The second-order valence-electron chi connectivity index (χ2n) is 6.07. The Morgan fingerprint density at radius 2 is 1.56 bits per heavy atom. The van der Waals surface area contributed by atoms with Crippen LogP contribution in [0.2, 0.25) is 0 Å². The van der Waals surface area contributed by atoms with E-state index in [0.717, 1.165) is 11.1 Å². The number of fused-ring (bicyclic) bond motifs is 1. The van der Waals surface area contributed by atoms with Crippen molar-refractivity contribution < 1.29 is 19.1 Å². The normalized spacial score (nSPS) is 13.8. The standard InChI is InChI=1S/C20H19NO4/c1-11-5-17-18(21-10-11)20(23)16(12(2)19(17)22)8-13-6-14(24-3)9-15(7-13)25-4/h5-7,9-10H,8H2,1-4H3. The van der Waals surface area contributed by atoms with Crippen LogP contribution in [0.25, 0.3) is 0 Å². The van der Waals surface area contributed by atoms with Crippen LogP contribution in [-0.4, -0.2) is 30.8 Å². The largest absolute Gasteiger partial charge is 0.497 e. The third-order valence-electron chi connectivity index (χ3n) is 4.34. The van der Waals surface area contributed by atoms with Crippen molar-refractivity contribution in [1.82, 2.24) is 4.98 Å². The average molecular weight is 337 g/mol. The maximum absolute atomic E-state index is 12.9. The first kappa shape index (κ1) is 16.9. The lowest BCUT2D eigenvalue weighted by Crippen LogP contribution is -2.23. The number of pyridine rings is 1. The highest BCUT2D eigenvalue weighted by atomic mass is 16.5. The van der Waals surface area contributed by atoms with Crippen molar-refractivity contribution in [3.63, 3.8) is 0 Å². The first-order valence-corrected chi connectivity index (χ1v) is 7.92. The minimum absolute atomic E-state index is 0.143. The van der Waals surface area contributed by atoms with Crippen LogP contribution in [0.3, 0.4) is 0 Å². The van der Waals surface area contributed by atoms with Crippen LogP contribution in [0.5, 0.6) is 11.5 Å². The number of allylic oxidation sites excluding steroid dienone is 2. The summed E-state index contributed by atoms with van der Waals surface area (Å²) in [6.45, 7) is 3.54. The summed E-state index contributed by atoms with van der Waals surface area (Å²) in [5.41, 5.74) is 3.23. The summed E-state index contributed by atoms with van der Waals surface area (Å²) in [7, 11) is 3.14. The van der Waals surface area contributed by atoms with Gasteiger partial charge < -0.3 is 9.47 Å². The predicted molar refractivity (Wildman–Crippen MR) is 93.6 cm³/mol. The van der Waals surface area contributed by atoms with Crippen LogP contribution in [0.1, 0.15) is 38.9 Å². The maximum Gasteiger partial charge on any atom is 0.208 e. The average Bonchev–Trinajstić information content (AvgIpc) is 2.62. The zero-order valence-electron chi connectivity index (χ0n) is 14.7. The summed E-state index contributed by atoms with van der Waals surface area (Å²) >= 11 is 0. The lowest BCUT2D eigenvalue weighted by Gasteiger charge is -2.19. The Hall–Kier alpha value is -2.95. The molecule has 25 heavy (non-hydrogen) atoms. The molecule has 0 radical (unpaired) electrons. The van der Waals surface area contributed by atoms with Crippen LogP contribution < -0.4 is 9.47 Å². The van der Waals surface area contributed by atoms with E-state index in [1.54, 1.807) is 39.5 Å². The topological polar surface area (TPSA) is 65.5 Å². The zero-order chi connectivity index (χ0) is 18.1. The van der Waals surface area contributed by atoms with E-state index >= 15 is 0 Å². The monoisotopic (exact) mass is 337 g/mol. The van der Waals surface area contributed by atoms with Gasteiger partial charge in [-0.2, -0.15) is 0 Å². The Balaban J connectivity index is 2.03. The highest BCUT2D eigenvalue weighted by Crippen LogP contribution is 2.30. The van der Waals surface area contributed by atoms with Gasteiger partial charge in [0.1, 0.15) is 17.2 Å². The van der Waals surface area contributed by atoms with Crippen LogP contribution >= 0.6 is 0 Å². The molecule has 2 aromatic rings. The molecule has 0 atom stereocenters. The molecule has 3 rings (SSSR count). The molecule has 5 nitrogen and oxygen atoms in total. The van der Waals surface area contributed by atoms with E-state index < -0.39 is 0 Å². The second-order valence-corrected chi connectivity index (χ2v) is 6.07. The molecule has 5 heteroatoms. The number of ether oxygens (including phenoxy) is 2. The van der Waals surface area contributed by atoms with Crippen molar-refractivity contribution in [2.75, 3.05) is 14.2 Å². The summed E-state index contributed by atoms with van der Waals surface area (Å²) in [6.07, 6.45) is 1.93. The zero-order valence-corrected chi connectivity index (χ0v) is 14.7. The van der Waals surface area contributed by atoms with Crippen molar-refractivity contribution in [3.05, 3.63) is 64.0 Å². The number of rotatable bonds is 4. The minimum Gasteiger partial charge on any atom is -0.497 e. The molecule has 0 saturated heterocycles. The minimum atomic E-state index is -0.200. The number of ketones is 2. The van der Waals surface area contributed by atoms with Gasteiger partial charge in [0.2, 0.25) is 5.78 Å². The number of aromatic nitrogens is 1. The van der Waals surface area contributed by atoms with Crippen molar-refractivity contribution >= 4 is 11.6 Å².